The van der Waals surface area contributed by atoms with Crippen molar-refractivity contribution < 1.29 is 54.9 Å². The number of benzene rings is 2. The minimum atomic E-state index is -5.22. The minimum absolute atomic E-state index is 0.0512. The number of allylic oxidation sites excluding steroid dienone is 2. The number of nitrogens with zero attached hydrogens (tertiary/aromatic N) is 1. The molecular weight excluding hydrogens is 560 g/mol. The van der Waals surface area contributed by atoms with Gasteiger partial charge in [-0.15, -0.1) is 0 Å². The number of amides is 1. The predicted molar refractivity (Wildman–Crippen MR) is 135 cm³/mol. The van der Waals surface area contributed by atoms with Gasteiger partial charge in [-0.05, 0) is 51.3 Å². The summed E-state index contributed by atoms with van der Waals surface area (Å²) in [6, 6.07) is 4.28. The first-order valence-electron chi connectivity index (χ1n) is 12.4. The lowest BCUT2D eigenvalue weighted by Crippen LogP contribution is -2.42. The minimum Gasteiger partial charge on any atom is -0.496 e. The molecule has 1 heterocycles. The Morgan fingerprint density at radius 1 is 1.10 bits per heavy atom. The average molecular weight is 588 g/mol. The van der Waals surface area contributed by atoms with Crippen molar-refractivity contribution in [1.29, 1.82) is 0 Å². The lowest BCUT2D eigenvalue weighted by molar-refractivity contribution is -0.170. The molecule has 3 rings (SSSR count). The van der Waals surface area contributed by atoms with Crippen LogP contribution in [-0.2, 0) is 33.5 Å². The van der Waals surface area contributed by atoms with E-state index in [1.165, 1.54) is 20.1 Å². The molecule has 0 saturated heterocycles. The molecule has 2 aromatic rings. The molecule has 1 aliphatic heterocycles. The Kier molecular flexibility index (Phi) is 9.40. The number of esters is 2. The van der Waals surface area contributed by atoms with Crippen LogP contribution in [0.15, 0.2) is 35.9 Å². The van der Waals surface area contributed by atoms with Crippen LogP contribution >= 0.6 is 0 Å². The zero-order chi connectivity index (χ0) is 30.7. The zero-order valence-electron chi connectivity index (χ0n) is 22.6. The molecule has 0 radical (unpaired) electrons. The van der Waals surface area contributed by atoms with Crippen molar-refractivity contribution in [2.24, 2.45) is 0 Å². The summed E-state index contributed by atoms with van der Waals surface area (Å²) in [7, 11) is 1.30. The van der Waals surface area contributed by atoms with Crippen molar-refractivity contribution in [2.75, 3.05) is 18.6 Å². The Bertz CT molecular complexity index is 1380. The van der Waals surface area contributed by atoms with E-state index in [0.29, 0.717) is 21.6 Å². The number of hydrogen-bond donors (Lipinski definition) is 0. The number of alkyl halides is 6. The molecule has 0 aromatic heterocycles. The number of carbonyl (C=O) groups is 3. The molecule has 1 amide bonds. The lowest BCUT2D eigenvalue weighted by Gasteiger charge is -2.28. The Morgan fingerprint density at radius 2 is 1.76 bits per heavy atom. The molecule has 0 fully saturated rings. The van der Waals surface area contributed by atoms with Gasteiger partial charge in [-0.1, -0.05) is 23.8 Å². The van der Waals surface area contributed by atoms with Gasteiger partial charge in [-0.25, -0.2) is 4.79 Å². The highest BCUT2D eigenvalue weighted by Crippen LogP contribution is 2.44. The normalized spacial score (nSPS) is 13.5. The van der Waals surface area contributed by atoms with Crippen LogP contribution in [-0.4, -0.2) is 37.7 Å². The SMILES string of the molecule is CCN(C(=O)C(F)(F)F)c1c(CC=C(C)CCC(=O)Oc2ccccc2C(F)(F)F)c(OC)c(C)c2c1C(=O)OC2. The number of para-hydroxylation sites is 1. The van der Waals surface area contributed by atoms with E-state index >= 15 is 0 Å². The number of anilines is 1. The maximum atomic E-state index is 13.5. The largest absolute Gasteiger partial charge is 0.496 e. The number of hydrogen-bond acceptors (Lipinski definition) is 6. The molecule has 1 aliphatic rings. The van der Waals surface area contributed by atoms with E-state index in [1.54, 1.807) is 19.9 Å². The van der Waals surface area contributed by atoms with Crippen molar-refractivity contribution >= 4 is 23.5 Å². The van der Waals surface area contributed by atoms with Gasteiger partial charge in [0.1, 0.15) is 18.1 Å². The van der Waals surface area contributed by atoms with E-state index in [1.807, 2.05) is 0 Å². The second-order valence-electron chi connectivity index (χ2n) is 9.18. The van der Waals surface area contributed by atoms with E-state index in [2.05, 4.69) is 0 Å². The molecule has 0 spiro atoms. The predicted octanol–water partition coefficient (Wildman–Crippen LogP) is 6.48. The molecule has 222 valence electrons. The van der Waals surface area contributed by atoms with Gasteiger partial charge < -0.3 is 19.1 Å². The first-order chi connectivity index (χ1) is 19.1. The van der Waals surface area contributed by atoms with Crippen molar-refractivity contribution in [3.8, 4) is 11.5 Å². The van der Waals surface area contributed by atoms with Crippen molar-refractivity contribution in [2.45, 2.75) is 59.0 Å². The highest BCUT2D eigenvalue weighted by molar-refractivity contribution is 6.08. The fourth-order valence-corrected chi connectivity index (χ4v) is 4.52. The summed E-state index contributed by atoms with van der Waals surface area (Å²) < 4.78 is 95.5. The Hall–Kier alpha value is -4.03. The number of ether oxygens (including phenoxy) is 3. The molecule has 0 N–H and O–H groups in total. The topological polar surface area (TPSA) is 82.1 Å². The van der Waals surface area contributed by atoms with Gasteiger partial charge in [0.05, 0.1) is 23.9 Å². The molecule has 2 aromatic carbocycles. The molecule has 0 aliphatic carbocycles. The maximum absolute atomic E-state index is 13.5. The second-order valence-corrected chi connectivity index (χ2v) is 9.18. The third-order valence-electron chi connectivity index (χ3n) is 6.52. The lowest BCUT2D eigenvalue weighted by atomic mass is 9.92. The highest BCUT2D eigenvalue weighted by atomic mass is 19.4. The molecular formula is C28H27F6NO6. The molecule has 0 saturated carbocycles. The van der Waals surface area contributed by atoms with Crippen LogP contribution in [0.25, 0.3) is 0 Å². The van der Waals surface area contributed by atoms with Crippen LogP contribution in [0, 0.1) is 6.92 Å². The number of halogens is 6. The number of carbonyl (C=O) groups excluding carboxylic acids is 3. The summed E-state index contributed by atoms with van der Waals surface area (Å²) in [6.45, 7) is 3.94. The van der Waals surface area contributed by atoms with Gasteiger partial charge >= 0.3 is 30.2 Å². The first kappa shape index (κ1) is 31.5. The fraction of sp³-hybridized carbons (Fsp3) is 0.393. The number of rotatable bonds is 9. The van der Waals surface area contributed by atoms with E-state index in [0.717, 1.165) is 18.2 Å². The number of fused-ring (bicyclic) bond motifs is 1. The van der Waals surface area contributed by atoms with Crippen LogP contribution in [0.5, 0.6) is 11.5 Å². The average Bonchev–Trinajstić information content (AvgIpc) is 3.28. The van der Waals surface area contributed by atoms with E-state index in [4.69, 9.17) is 14.2 Å². The summed E-state index contributed by atoms with van der Waals surface area (Å²) in [4.78, 5) is 37.7. The summed E-state index contributed by atoms with van der Waals surface area (Å²) in [5.41, 5.74) is -0.0902. The monoisotopic (exact) mass is 587 g/mol. The van der Waals surface area contributed by atoms with Crippen LogP contribution in [0.1, 0.15) is 59.3 Å². The third-order valence-corrected chi connectivity index (χ3v) is 6.52. The molecule has 0 bridgehead atoms. The van der Waals surface area contributed by atoms with Crippen molar-refractivity contribution in [1.82, 2.24) is 0 Å². The van der Waals surface area contributed by atoms with Gasteiger partial charge in [0, 0.05) is 24.1 Å². The maximum Gasteiger partial charge on any atom is 0.471 e. The Morgan fingerprint density at radius 3 is 2.34 bits per heavy atom. The molecule has 7 nitrogen and oxygen atoms in total. The molecule has 0 unspecified atom stereocenters. The van der Waals surface area contributed by atoms with Crippen LogP contribution < -0.4 is 14.4 Å². The summed E-state index contributed by atoms with van der Waals surface area (Å²) in [5.74, 6) is -4.43. The molecule has 13 heteroatoms. The summed E-state index contributed by atoms with van der Waals surface area (Å²) >= 11 is 0. The van der Waals surface area contributed by atoms with Crippen LogP contribution in [0.2, 0.25) is 0 Å². The van der Waals surface area contributed by atoms with Gasteiger partial charge in [-0.2, -0.15) is 26.3 Å². The number of methoxy groups -OCH3 is 1. The van der Waals surface area contributed by atoms with Crippen molar-refractivity contribution in [3.05, 3.63) is 63.7 Å². The van der Waals surface area contributed by atoms with Gasteiger partial charge in [0.15, 0.2) is 0 Å². The third kappa shape index (κ3) is 6.83. The van der Waals surface area contributed by atoms with E-state index < -0.39 is 48.1 Å². The highest BCUT2D eigenvalue weighted by Gasteiger charge is 2.45. The zero-order valence-corrected chi connectivity index (χ0v) is 22.6. The van der Waals surface area contributed by atoms with Crippen molar-refractivity contribution in [3.63, 3.8) is 0 Å². The van der Waals surface area contributed by atoms with E-state index in [-0.39, 0.29) is 48.4 Å². The van der Waals surface area contributed by atoms with Gasteiger partial charge in [0.25, 0.3) is 0 Å². The molecule has 41 heavy (non-hydrogen) atoms. The first-order valence-corrected chi connectivity index (χ1v) is 12.4. The van der Waals surface area contributed by atoms with Crippen LogP contribution in [0.4, 0.5) is 32.0 Å². The van der Waals surface area contributed by atoms with E-state index in [9.17, 15) is 40.7 Å². The van der Waals surface area contributed by atoms with Crippen LogP contribution in [0.3, 0.4) is 0 Å². The van der Waals surface area contributed by atoms with Gasteiger partial charge in [-0.3, -0.25) is 9.59 Å². The molecule has 0 atom stereocenters. The summed E-state index contributed by atoms with van der Waals surface area (Å²) in [6.07, 6.45) is -8.71. The number of cyclic esters (lactones) is 1. The standard InChI is InChI=1S/C28H27F6NO6/c1-5-35(26(38)28(32,33)34)23-17(24(39-4)16(3)18-14-40-25(37)22(18)23)12-10-15(2)11-13-21(36)41-20-9-7-6-8-19(20)27(29,30)31/h6-10H,5,11-14H2,1-4H3. The summed E-state index contributed by atoms with van der Waals surface area (Å²) in [5, 5.41) is 0. The second kappa shape index (κ2) is 12.2. The quantitative estimate of drug-likeness (QED) is 0.145. The Balaban J connectivity index is 1.91. The smallest absolute Gasteiger partial charge is 0.471 e. The van der Waals surface area contributed by atoms with Gasteiger partial charge in [0.2, 0.25) is 0 Å². The Labute approximate surface area is 231 Å². The fourth-order valence-electron chi connectivity index (χ4n) is 4.52.